The van der Waals surface area contributed by atoms with Crippen LogP contribution in [0.15, 0.2) is 30.5 Å². The van der Waals surface area contributed by atoms with Crippen molar-refractivity contribution >= 4 is 23.4 Å². The lowest BCUT2D eigenvalue weighted by molar-refractivity contribution is 0.0468. The number of aromatic amines is 1. The number of rotatable bonds is 4. The molecule has 0 aliphatic rings. The van der Waals surface area contributed by atoms with Crippen molar-refractivity contribution in [1.82, 2.24) is 9.97 Å². The molecule has 0 bridgehead atoms. The fourth-order valence-electron chi connectivity index (χ4n) is 1.45. The number of carbonyl (C=O) groups is 2. The zero-order valence-electron chi connectivity index (χ0n) is 10.1. The first-order valence-corrected chi connectivity index (χ1v) is 5.92. The highest BCUT2D eigenvalue weighted by Crippen LogP contribution is 2.12. The van der Waals surface area contributed by atoms with Crippen molar-refractivity contribution in [2.45, 2.75) is 13.5 Å². The highest BCUT2D eigenvalue weighted by atomic mass is 35.5. The molecule has 0 spiro atoms. The van der Waals surface area contributed by atoms with E-state index in [1.165, 1.54) is 19.2 Å². The maximum atomic E-state index is 11.7. The highest BCUT2D eigenvalue weighted by Gasteiger charge is 2.10. The summed E-state index contributed by atoms with van der Waals surface area (Å²) in [7, 11) is 0. The molecule has 2 rings (SSSR count). The molecule has 2 aromatic rings. The average Bonchev–Trinajstić information content (AvgIpc) is 2.85. The Kier molecular flexibility index (Phi) is 3.97. The third-order valence-corrected chi connectivity index (χ3v) is 2.61. The van der Waals surface area contributed by atoms with Gasteiger partial charge in [-0.2, -0.15) is 0 Å². The Morgan fingerprint density at radius 2 is 2.21 bits per heavy atom. The molecule has 1 N–H and O–H groups in total. The van der Waals surface area contributed by atoms with E-state index in [0.29, 0.717) is 16.3 Å². The summed E-state index contributed by atoms with van der Waals surface area (Å²) < 4.78 is 5.07. The predicted octanol–water partition coefficient (Wildman–Crippen LogP) is 2.62. The second-order valence-corrected chi connectivity index (χ2v) is 4.32. The molecule has 0 aliphatic carbocycles. The Morgan fingerprint density at radius 3 is 2.84 bits per heavy atom. The number of halogens is 1. The topological polar surface area (TPSA) is 72.0 Å². The summed E-state index contributed by atoms with van der Waals surface area (Å²) in [6.45, 7) is 1.40. The number of aromatic nitrogens is 2. The summed E-state index contributed by atoms with van der Waals surface area (Å²) in [5, 5.41) is 0.466. The van der Waals surface area contributed by atoms with Crippen LogP contribution in [0.4, 0.5) is 0 Å². The van der Waals surface area contributed by atoms with Crippen molar-refractivity contribution < 1.29 is 14.3 Å². The number of nitrogens with one attached hydrogen (secondary N) is 1. The number of H-pyrrole nitrogens is 1. The summed E-state index contributed by atoms with van der Waals surface area (Å²) in [6, 6.07) is 6.47. The van der Waals surface area contributed by atoms with Gasteiger partial charge in [0.1, 0.15) is 6.61 Å². The van der Waals surface area contributed by atoms with E-state index >= 15 is 0 Å². The molecule has 6 heteroatoms. The molecule has 1 heterocycles. The van der Waals surface area contributed by atoms with Crippen LogP contribution in [0.1, 0.15) is 33.6 Å². The molecule has 1 aromatic carbocycles. The quantitative estimate of drug-likeness (QED) is 0.689. The third-order valence-electron chi connectivity index (χ3n) is 2.38. The number of esters is 1. The number of nitrogens with zero attached hydrogens (tertiary/aromatic N) is 1. The van der Waals surface area contributed by atoms with Crippen LogP contribution in [-0.4, -0.2) is 21.7 Å². The molecule has 1 aromatic heterocycles. The zero-order chi connectivity index (χ0) is 13.8. The van der Waals surface area contributed by atoms with Crippen molar-refractivity contribution in [1.29, 1.82) is 0 Å². The van der Waals surface area contributed by atoms with Crippen molar-refractivity contribution in [3.63, 3.8) is 0 Å². The maximum absolute atomic E-state index is 11.7. The fourth-order valence-corrected chi connectivity index (χ4v) is 1.64. The van der Waals surface area contributed by atoms with E-state index in [4.69, 9.17) is 16.3 Å². The number of hydrogen-bond donors (Lipinski definition) is 1. The van der Waals surface area contributed by atoms with Crippen LogP contribution < -0.4 is 0 Å². The molecule has 98 valence electrons. The number of ether oxygens (including phenoxy) is 1. The number of ketones is 1. The lowest BCUT2D eigenvalue weighted by Crippen LogP contribution is -2.05. The third kappa shape index (κ3) is 3.42. The standard InChI is InChI=1S/C13H11ClN2O3/c1-8(17)12-15-6-11(16-12)7-19-13(18)9-3-2-4-10(14)5-9/h2-6H,7H2,1H3,(H,15,16). The molecule has 0 atom stereocenters. The van der Waals surface area contributed by atoms with E-state index in [-0.39, 0.29) is 18.2 Å². The molecule has 0 unspecified atom stereocenters. The van der Waals surface area contributed by atoms with Gasteiger partial charge >= 0.3 is 5.97 Å². The zero-order valence-corrected chi connectivity index (χ0v) is 10.9. The number of hydrogen-bond acceptors (Lipinski definition) is 4. The van der Waals surface area contributed by atoms with Gasteiger partial charge in [0.25, 0.3) is 0 Å². The summed E-state index contributed by atoms with van der Waals surface area (Å²) in [6.07, 6.45) is 1.53. The van der Waals surface area contributed by atoms with Crippen LogP contribution in [0.25, 0.3) is 0 Å². The first-order chi connectivity index (χ1) is 9.06. The molecule has 0 saturated heterocycles. The lowest BCUT2D eigenvalue weighted by atomic mass is 10.2. The van der Waals surface area contributed by atoms with Gasteiger partial charge in [-0.3, -0.25) is 4.79 Å². The summed E-state index contributed by atoms with van der Waals surface area (Å²) in [4.78, 5) is 29.5. The fraction of sp³-hybridized carbons (Fsp3) is 0.154. The summed E-state index contributed by atoms with van der Waals surface area (Å²) in [5.41, 5.74) is 0.857. The van der Waals surface area contributed by atoms with Crippen molar-refractivity contribution in [3.8, 4) is 0 Å². The van der Waals surface area contributed by atoms with Gasteiger partial charge in [-0.25, -0.2) is 9.78 Å². The number of imidazole rings is 1. The van der Waals surface area contributed by atoms with Gasteiger partial charge in [0.15, 0.2) is 11.6 Å². The molecule has 5 nitrogen and oxygen atoms in total. The molecular weight excluding hydrogens is 268 g/mol. The van der Waals surface area contributed by atoms with Crippen LogP contribution >= 0.6 is 11.6 Å². The molecule has 19 heavy (non-hydrogen) atoms. The molecular formula is C13H11ClN2O3. The van der Waals surface area contributed by atoms with Gasteiger partial charge in [-0.15, -0.1) is 0 Å². The minimum Gasteiger partial charge on any atom is -0.456 e. The van der Waals surface area contributed by atoms with E-state index < -0.39 is 5.97 Å². The van der Waals surface area contributed by atoms with Gasteiger partial charge in [0.05, 0.1) is 11.3 Å². The minimum atomic E-state index is -0.491. The normalized spacial score (nSPS) is 10.2. The van der Waals surface area contributed by atoms with Gasteiger partial charge in [-0.1, -0.05) is 17.7 Å². The van der Waals surface area contributed by atoms with Crippen LogP contribution in [0, 0.1) is 0 Å². The Labute approximate surface area is 114 Å². The lowest BCUT2D eigenvalue weighted by Gasteiger charge is -2.02. The van der Waals surface area contributed by atoms with E-state index in [9.17, 15) is 9.59 Å². The SMILES string of the molecule is CC(=O)c1nc(COC(=O)c2cccc(Cl)c2)c[nH]1. The van der Waals surface area contributed by atoms with E-state index in [1.807, 2.05) is 0 Å². The Bertz CT molecular complexity index is 622. The molecule has 0 fully saturated rings. The second kappa shape index (κ2) is 5.67. The Morgan fingerprint density at radius 1 is 1.42 bits per heavy atom. The van der Waals surface area contributed by atoms with E-state index in [1.54, 1.807) is 18.2 Å². The smallest absolute Gasteiger partial charge is 0.338 e. The van der Waals surface area contributed by atoms with Crippen LogP contribution in [0.3, 0.4) is 0 Å². The number of carbonyl (C=O) groups excluding carboxylic acids is 2. The first-order valence-electron chi connectivity index (χ1n) is 5.54. The molecule has 0 radical (unpaired) electrons. The molecule has 0 aliphatic heterocycles. The monoisotopic (exact) mass is 278 g/mol. The van der Waals surface area contributed by atoms with E-state index in [2.05, 4.69) is 9.97 Å². The van der Waals surface area contributed by atoms with Crippen molar-refractivity contribution in [2.24, 2.45) is 0 Å². The Hall–Kier alpha value is -2.14. The highest BCUT2D eigenvalue weighted by molar-refractivity contribution is 6.30. The largest absolute Gasteiger partial charge is 0.456 e. The number of Topliss-reactive ketones (excluding diaryl/α,β-unsaturated/α-hetero) is 1. The maximum Gasteiger partial charge on any atom is 0.338 e. The molecule has 0 saturated carbocycles. The van der Waals surface area contributed by atoms with Gasteiger partial charge in [-0.05, 0) is 18.2 Å². The van der Waals surface area contributed by atoms with Crippen molar-refractivity contribution in [2.75, 3.05) is 0 Å². The van der Waals surface area contributed by atoms with Gasteiger partial charge < -0.3 is 9.72 Å². The first kappa shape index (κ1) is 13.3. The van der Waals surface area contributed by atoms with Crippen LogP contribution in [0.5, 0.6) is 0 Å². The molecule has 0 amide bonds. The van der Waals surface area contributed by atoms with Crippen LogP contribution in [-0.2, 0) is 11.3 Å². The summed E-state index contributed by atoms with van der Waals surface area (Å²) in [5.74, 6) is -0.420. The van der Waals surface area contributed by atoms with Gasteiger partial charge in [0, 0.05) is 18.1 Å². The predicted molar refractivity (Wildman–Crippen MR) is 69.2 cm³/mol. The number of benzene rings is 1. The summed E-state index contributed by atoms with van der Waals surface area (Å²) >= 11 is 5.78. The van der Waals surface area contributed by atoms with Crippen LogP contribution in [0.2, 0.25) is 5.02 Å². The Balaban J connectivity index is 1.98. The minimum absolute atomic E-state index is 0.00483. The van der Waals surface area contributed by atoms with Gasteiger partial charge in [0.2, 0.25) is 0 Å². The van der Waals surface area contributed by atoms with Crippen molar-refractivity contribution in [3.05, 3.63) is 52.6 Å². The average molecular weight is 279 g/mol. The van der Waals surface area contributed by atoms with E-state index in [0.717, 1.165) is 0 Å². The second-order valence-electron chi connectivity index (χ2n) is 3.88.